The highest BCUT2D eigenvalue weighted by Gasteiger charge is 2.06. The molecule has 0 saturated heterocycles. The Bertz CT molecular complexity index is 349. The van der Waals surface area contributed by atoms with Crippen molar-refractivity contribution >= 4 is 32.3 Å². The van der Waals surface area contributed by atoms with Gasteiger partial charge in [0, 0.05) is 40.8 Å². The molecule has 0 heterocycles. The van der Waals surface area contributed by atoms with Gasteiger partial charge >= 0.3 is 0 Å². The van der Waals surface area contributed by atoms with E-state index in [9.17, 15) is 9.59 Å². The number of benzene rings is 1. The summed E-state index contributed by atoms with van der Waals surface area (Å²) in [6, 6.07) is 6.62. The second-order valence-electron chi connectivity index (χ2n) is 2.43. The maximum absolute atomic E-state index is 11.2. The number of nitrogens with one attached hydrogen (secondary N) is 1. The molecule has 68 valence electrons. The maximum atomic E-state index is 11.2. The van der Waals surface area contributed by atoms with Crippen LogP contribution >= 0.6 is 22.6 Å². The third-order valence-electron chi connectivity index (χ3n) is 1.58. The Balaban J connectivity index is 3.05. The number of rotatable bonds is 2. The van der Waals surface area contributed by atoms with Gasteiger partial charge in [-0.2, -0.15) is 0 Å². The lowest BCUT2D eigenvalue weighted by Gasteiger charge is -2.00. The molecule has 0 aliphatic carbocycles. The molecular formula is C9H8INO2. The number of hydrogen-bond donors (Lipinski definition) is 1. The molecule has 0 bridgehead atoms. The summed E-state index contributed by atoms with van der Waals surface area (Å²) in [6.07, 6.45) is 0. The lowest BCUT2D eigenvalue weighted by atomic mass is 10.1. The second-order valence-corrected chi connectivity index (χ2v) is 3.41. The fourth-order valence-electron chi connectivity index (χ4n) is 0.927. The van der Waals surface area contributed by atoms with E-state index in [4.69, 9.17) is 0 Å². The van der Waals surface area contributed by atoms with Crippen LogP contribution in [-0.4, -0.2) is 16.7 Å². The first-order valence-electron chi connectivity index (χ1n) is 3.67. The minimum atomic E-state index is -0.181. The predicted octanol–water partition coefficient (Wildman–Crippen LogP) is 1.62. The Labute approximate surface area is 89.7 Å². The van der Waals surface area contributed by atoms with E-state index in [0.717, 1.165) is 0 Å². The molecule has 0 aliphatic heterocycles. The number of halogens is 1. The van der Waals surface area contributed by atoms with E-state index < -0.39 is 0 Å². The van der Waals surface area contributed by atoms with E-state index >= 15 is 0 Å². The molecule has 0 spiro atoms. The normalized spacial score (nSPS) is 9.38. The molecule has 0 aliphatic rings. The Morgan fingerprint density at radius 1 is 1.31 bits per heavy atom. The SMILES string of the molecule is CNC(=O)c1cccc(C(=O)I)c1. The second kappa shape index (κ2) is 4.36. The summed E-state index contributed by atoms with van der Waals surface area (Å²) in [4.78, 5) is 22.1. The van der Waals surface area contributed by atoms with Crippen molar-refractivity contribution in [2.45, 2.75) is 0 Å². The van der Waals surface area contributed by atoms with Crippen LogP contribution in [0.2, 0.25) is 0 Å². The summed E-state index contributed by atoms with van der Waals surface area (Å²) < 4.78 is -0.0663. The topological polar surface area (TPSA) is 46.2 Å². The van der Waals surface area contributed by atoms with Crippen molar-refractivity contribution in [3.63, 3.8) is 0 Å². The van der Waals surface area contributed by atoms with Gasteiger partial charge in [-0.3, -0.25) is 9.59 Å². The minimum Gasteiger partial charge on any atom is -0.355 e. The molecule has 4 heteroatoms. The molecule has 0 atom stereocenters. The average Bonchev–Trinajstić information content (AvgIpc) is 2.17. The van der Waals surface area contributed by atoms with E-state index in [2.05, 4.69) is 5.32 Å². The van der Waals surface area contributed by atoms with Gasteiger partial charge in [0.1, 0.15) is 0 Å². The molecule has 13 heavy (non-hydrogen) atoms. The predicted molar refractivity (Wildman–Crippen MR) is 58.2 cm³/mol. The highest BCUT2D eigenvalue weighted by Crippen LogP contribution is 2.09. The van der Waals surface area contributed by atoms with Crippen molar-refractivity contribution in [2.24, 2.45) is 0 Å². The number of hydrogen-bond acceptors (Lipinski definition) is 2. The molecule has 0 radical (unpaired) electrons. The molecular weight excluding hydrogens is 281 g/mol. The summed E-state index contributed by atoms with van der Waals surface area (Å²) in [5.41, 5.74) is 1.05. The summed E-state index contributed by atoms with van der Waals surface area (Å²) >= 11 is 1.69. The van der Waals surface area contributed by atoms with Gasteiger partial charge in [-0.1, -0.05) is 12.1 Å². The fourth-order valence-corrected chi connectivity index (χ4v) is 1.26. The standard InChI is InChI=1S/C9H8INO2/c1-11-9(13)7-4-2-3-6(5-7)8(10)12/h2-5H,1H3,(H,11,13). The first-order valence-corrected chi connectivity index (χ1v) is 4.75. The van der Waals surface area contributed by atoms with Crippen molar-refractivity contribution in [1.29, 1.82) is 0 Å². The fraction of sp³-hybridized carbons (Fsp3) is 0.111. The largest absolute Gasteiger partial charge is 0.355 e. The van der Waals surface area contributed by atoms with E-state index in [-0.39, 0.29) is 9.70 Å². The van der Waals surface area contributed by atoms with E-state index in [0.29, 0.717) is 11.1 Å². The first kappa shape index (κ1) is 10.2. The van der Waals surface area contributed by atoms with Crippen LogP contribution < -0.4 is 5.32 Å². The van der Waals surface area contributed by atoms with Crippen molar-refractivity contribution in [3.8, 4) is 0 Å². The Kier molecular flexibility index (Phi) is 3.41. The van der Waals surface area contributed by atoms with Crippen LogP contribution in [0.1, 0.15) is 20.7 Å². The number of carbonyl (C=O) groups is 2. The summed E-state index contributed by atoms with van der Waals surface area (Å²) in [5, 5.41) is 2.49. The quantitative estimate of drug-likeness (QED) is 0.664. The molecule has 1 rings (SSSR count). The van der Waals surface area contributed by atoms with Gasteiger partial charge in [-0.25, -0.2) is 0 Å². The summed E-state index contributed by atoms with van der Waals surface area (Å²) in [5.74, 6) is -0.181. The zero-order valence-electron chi connectivity index (χ0n) is 7.00. The number of amides is 1. The van der Waals surface area contributed by atoms with Crippen LogP contribution in [0.15, 0.2) is 24.3 Å². The van der Waals surface area contributed by atoms with Gasteiger partial charge < -0.3 is 5.32 Å². The van der Waals surface area contributed by atoms with E-state index in [1.54, 1.807) is 53.9 Å². The van der Waals surface area contributed by atoms with Crippen molar-refractivity contribution in [2.75, 3.05) is 7.05 Å². The van der Waals surface area contributed by atoms with Crippen LogP contribution in [0.4, 0.5) is 0 Å². The van der Waals surface area contributed by atoms with Gasteiger partial charge in [0.15, 0.2) is 0 Å². The smallest absolute Gasteiger partial charge is 0.251 e. The number of carbonyl (C=O) groups excluding carboxylic acids is 2. The van der Waals surface area contributed by atoms with Gasteiger partial charge in [0.25, 0.3) is 5.91 Å². The molecule has 3 nitrogen and oxygen atoms in total. The first-order chi connectivity index (χ1) is 6.15. The lowest BCUT2D eigenvalue weighted by molar-refractivity contribution is 0.0963. The molecule has 0 unspecified atom stereocenters. The monoisotopic (exact) mass is 289 g/mol. The molecule has 1 amide bonds. The Morgan fingerprint density at radius 3 is 2.46 bits per heavy atom. The molecule has 1 aromatic carbocycles. The summed E-state index contributed by atoms with van der Waals surface area (Å²) in [7, 11) is 1.56. The highest BCUT2D eigenvalue weighted by molar-refractivity contribution is 14.1. The van der Waals surface area contributed by atoms with Crippen LogP contribution in [0.3, 0.4) is 0 Å². The van der Waals surface area contributed by atoms with E-state index in [1.165, 1.54) is 0 Å². The van der Waals surface area contributed by atoms with Crippen molar-refractivity contribution in [3.05, 3.63) is 35.4 Å². The van der Waals surface area contributed by atoms with E-state index in [1.807, 2.05) is 0 Å². The highest BCUT2D eigenvalue weighted by atomic mass is 127. The van der Waals surface area contributed by atoms with Crippen LogP contribution in [0, 0.1) is 0 Å². The average molecular weight is 289 g/mol. The molecule has 1 aromatic rings. The van der Waals surface area contributed by atoms with Crippen molar-refractivity contribution < 1.29 is 9.59 Å². The van der Waals surface area contributed by atoms with Gasteiger partial charge in [-0.15, -0.1) is 0 Å². The molecule has 0 aromatic heterocycles. The van der Waals surface area contributed by atoms with Crippen LogP contribution in [0.25, 0.3) is 0 Å². The molecule has 0 fully saturated rings. The third-order valence-corrected chi connectivity index (χ3v) is 2.20. The van der Waals surface area contributed by atoms with Crippen LogP contribution in [0.5, 0.6) is 0 Å². The van der Waals surface area contributed by atoms with Gasteiger partial charge in [-0.05, 0) is 12.1 Å². The zero-order chi connectivity index (χ0) is 9.84. The third kappa shape index (κ3) is 2.51. The minimum absolute atomic E-state index is 0.0663. The Morgan fingerprint density at radius 2 is 1.92 bits per heavy atom. The lowest BCUT2D eigenvalue weighted by Crippen LogP contribution is -2.17. The summed E-state index contributed by atoms with van der Waals surface area (Å²) in [6.45, 7) is 0. The Hall–Kier alpha value is -0.910. The van der Waals surface area contributed by atoms with Crippen molar-refractivity contribution in [1.82, 2.24) is 5.32 Å². The zero-order valence-corrected chi connectivity index (χ0v) is 9.16. The van der Waals surface area contributed by atoms with Crippen LogP contribution in [-0.2, 0) is 0 Å². The molecule has 0 saturated carbocycles. The van der Waals surface area contributed by atoms with Gasteiger partial charge in [0.2, 0.25) is 3.79 Å². The maximum Gasteiger partial charge on any atom is 0.251 e. The molecule has 1 N–H and O–H groups in total. The van der Waals surface area contributed by atoms with Gasteiger partial charge in [0.05, 0.1) is 0 Å².